The second kappa shape index (κ2) is 14.0. The average molecular weight is 739 g/mol. The molecule has 0 atom stereocenters. The van der Waals surface area contributed by atoms with Crippen molar-refractivity contribution in [1.82, 2.24) is 19.9 Å². The molecule has 0 unspecified atom stereocenters. The standard InChI is InChI=1S/C54H34N4/c1-3-9-35(10-4-1)44-29-45(36-11-5-2-6-12-36)31-46(30-44)50-26-24-40-20-22-42(34-52(40)58-50)41-21-19-39-23-25-49(57-51(39)33-41)38-17-15-37(16-18-38)48-32-43-13-7-27-55-53(43)54-47(48)14-8-28-56-54/h1-34H. The van der Waals surface area contributed by atoms with E-state index in [0.717, 1.165) is 88.4 Å². The highest BCUT2D eigenvalue weighted by atomic mass is 14.7. The largest absolute Gasteiger partial charge is 0.254 e. The fourth-order valence-corrected chi connectivity index (χ4v) is 8.12. The highest BCUT2D eigenvalue weighted by Crippen LogP contribution is 2.36. The van der Waals surface area contributed by atoms with E-state index >= 15 is 0 Å². The zero-order valence-corrected chi connectivity index (χ0v) is 31.4. The van der Waals surface area contributed by atoms with Gasteiger partial charge in [-0.1, -0.05) is 133 Å². The van der Waals surface area contributed by atoms with Crippen molar-refractivity contribution in [1.29, 1.82) is 0 Å². The van der Waals surface area contributed by atoms with Crippen LogP contribution in [0.15, 0.2) is 207 Å². The van der Waals surface area contributed by atoms with Gasteiger partial charge < -0.3 is 0 Å². The molecule has 11 rings (SSSR count). The van der Waals surface area contributed by atoms with Gasteiger partial charge in [0.15, 0.2) is 0 Å². The first-order chi connectivity index (χ1) is 28.7. The molecular weight excluding hydrogens is 705 g/mol. The Kier molecular flexibility index (Phi) is 8.11. The molecule has 4 aromatic heterocycles. The molecule has 0 bridgehead atoms. The topological polar surface area (TPSA) is 51.6 Å². The average Bonchev–Trinajstić information content (AvgIpc) is 3.31. The van der Waals surface area contributed by atoms with Crippen molar-refractivity contribution >= 4 is 43.6 Å². The van der Waals surface area contributed by atoms with Crippen LogP contribution in [-0.4, -0.2) is 19.9 Å². The van der Waals surface area contributed by atoms with Gasteiger partial charge in [-0.3, -0.25) is 9.97 Å². The van der Waals surface area contributed by atoms with Crippen LogP contribution in [0.2, 0.25) is 0 Å². The minimum absolute atomic E-state index is 0.917. The Morgan fingerprint density at radius 3 is 1.40 bits per heavy atom. The van der Waals surface area contributed by atoms with Gasteiger partial charge in [-0.05, 0) is 105 Å². The van der Waals surface area contributed by atoms with Crippen molar-refractivity contribution < 1.29 is 0 Å². The van der Waals surface area contributed by atoms with E-state index in [0.29, 0.717) is 0 Å². The Morgan fingerprint density at radius 2 is 0.776 bits per heavy atom. The van der Waals surface area contributed by atoms with E-state index in [-0.39, 0.29) is 0 Å². The molecule has 4 heterocycles. The maximum Gasteiger partial charge on any atom is 0.0970 e. The van der Waals surface area contributed by atoms with Crippen LogP contribution in [0.4, 0.5) is 0 Å². The maximum absolute atomic E-state index is 5.26. The summed E-state index contributed by atoms with van der Waals surface area (Å²) in [6.07, 6.45) is 3.66. The molecule has 0 N–H and O–H groups in total. The number of aromatic nitrogens is 4. The molecule has 0 aliphatic carbocycles. The van der Waals surface area contributed by atoms with Gasteiger partial charge in [0.2, 0.25) is 0 Å². The van der Waals surface area contributed by atoms with E-state index in [2.05, 4.69) is 187 Å². The lowest BCUT2D eigenvalue weighted by Crippen LogP contribution is -1.90. The molecule has 0 fully saturated rings. The summed E-state index contributed by atoms with van der Waals surface area (Å²) in [4.78, 5) is 19.8. The van der Waals surface area contributed by atoms with E-state index in [1.165, 1.54) is 22.3 Å². The van der Waals surface area contributed by atoms with Crippen LogP contribution in [-0.2, 0) is 0 Å². The molecule has 58 heavy (non-hydrogen) atoms. The van der Waals surface area contributed by atoms with E-state index in [1.807, 2.05) is 24.5 Å². The van der Waals surface area contributed by atoms with Gasteiger partial charge in [0.25, 0.3) is 0 Å². The number of pyridine rings is 4. The minimum Gasteiger partial charge on any atom is -0.254 e. The van der Waals surface area contributed by atoms with Gasteiger partial charge in [0.1, 0.15) is 0 Å². The smallest absolute Gasteiger partial charge is 0.0970 e. The Hall–Kier alpha value is -7.82. The maximum atomic E-state index is 5.26. The summed E-state index contributed by atoms with van der Waals surface area (Å²) in [5, 5.41) is 4.37. The second-order valence-corrected chi connectivity index (χ2v) is 14.7. The molecule has 0 radical (unpaired) electrons. The Morgan fingerprint density at radius 1 is 0.276 bits per heavy atom. The van der Waals surface area contributed by atoms with Crippen molar-refractivity contribution in [2.45, 2.75) is 0 Å². The van der Waals surface area contributed by atoms with Crippen molar-refractivity contribution in [3.05, 3.63) is 207 Å². The number of benzene rings is 7. The summed E-state index contributed by atoms with van der Waals surface area (Å²) in [6, 6.07) is 68.6. The van der Waals surface area contributed by atoms with E-state index in [1.54, 1.807) is 0 Å². The lowest BCUT2D eigenvalue weighted by Gasteiger charge is -2.12. The summed E-state index contributed by atoms with van der Waals surface area (Å²) in [5.74, 6) is 0. The predicted molar refractivity (Wildman–Crippen MR) is 240 cm³/mol. The minimum atomic E-state index is 0.917. The second-order valence-electron chi connectivity index (χ2n) is 14.7. The molecule has 0 aliphatic heterocycles. The third-order valence-electron chi connectivity index (χ3n) is 11.1. The molecule has 7 aromatic carbocycles. The van der Waals surface area contributed by atoms with Gasteiger partial charge >= 0.3 is 0 Å². The zero-order chi connectivity index (χ0) is 38.4. The molecule has 11 aromatic rings. The number of rotatable bonds is 6. The quantitative estimate of drug-likeness (QED) is 0.159. The number of hydrogen-bond acceptors (Lipinski definition) is 4. The normalized spacial score (nSPS) is 11.4. The number of hydrogen-bond donors (Lipinski definition) is 0. The molecule has 0 spiro atoms. The zero-order valence-electron chi connectivity index (χ0n) is 31.4. The summed E-state index contributed by atoms with van der Waals surface area (Å²) >= 11 is 0. The Balaban J connectivity index is 0.930. The van der Waals surface area contributed by atoms with Crippen LogP contribution in [0.5, 0.6) is 0 Å². The van der Waals surface area contributed by atoms with Gasteiger partial charge in [0.05, 0.1) is 33.5 Å². The monoisotopic (exact) mass is 738 g/mol. The lowest BCUT2D eigenvalue weighted by molar-refractivity contribution is 1.37. The number of fused-ring (bicyclic) bond motifs is 5. The summed E-state index contributed by atoms with van der Waals surface area (Å²) in [6.45, 7) is 0. The van der Waals surface area contributed by atoms with Crippen LogP contribution in [0.1, 0.15) is 0 Å². The van der Waals surface area contributed by atoms with Gasteiger partial charge in [0, 0.05) is 45.1 Å². The molecule has 4 nitrogen and oxygen atoms in total. The van der Waals surface area contributed by atoms with Gasteiger partial charge in [-0.2, -0.15) is 0 Å². The highest BCUT2D eigenvalue weighted by Gasteiger charge is 2.13. The van der Waals surface area contributed by atoms with Crippen molar-refractivity contribution in [3.63, 3.8) is 0 Å². The lowest BCUT2D eigenvalue weighted by atomic mass is 9.94. The van der Waals surface area contributed by atoms with Gasteiger partial charge in [-0.25, -0.2) is 9.97 Å². The number of nitrogens with zero attached hydrogens (tertiary/aromatic N) is 4. The van der Waals surface area contributed by atoms with E-state index in [4.69, 9.17) is 15.0 Å². The van der Waals surface area contributed by atoms with Crippen LogP contribution in [0.3, 0.4) is 0 Å². The van der Waals surface area contributed by atoms with Crippen molar-refractivity contribution in [3.8, 4) is 67.0 Å². The van der Waals surface area contributed by atoms with Gasteiger partial charge in [-0.15, -0.1) is 0 Å². The van der Waals surface area contributed by atoms with Crippen molar-refractivity contribution in [2.24, 2.45) is 0 Å². The van der Waals surface area contributed by atoms with Crippen LogP contribution >= 0.6 is 0 Å². The first-order valence-electron chi connectivity index (χ1n) is 19.5. The van der Waals surface area contributed by atoms with E-state index in [9.17, 15) is 0 Å². The molecule has 4 heteroatoms. The predicted octanol–water partition coefficient (Wildman–Crippen LogP) is 13.9. The first-order valence-corrected chi connectivity index (χ1v) is 19.5. The summed E-state index contributed by atoms with van der Waals surface area (Å²) in [5.41, 5.74) is 16.9. The Labute approximate surface area is 335 Å². The molecule has 0 saturated heterocycles. The highest BCUT2D eigenvalue weighted by molar-refractivity contribution is 6.10. The van der Waals surface area contributed by atoms with E-state index < -0.39 is 0 Å². The molecular formula is C54H34N4. The van der Waals surface area contributed by atoms with Crippen LogP contribution in [0.25, 0.3) is 111 Å². The third kappa shape index (κ3) is 6.14. The fraction of sp³-hybridized carbons (Fsp3) is 0. The molecule has 0 amide bonds. The molecule has 270 valence electrons. The molecule has 0 saturated carbocycles. The fourth-order valence-electron chi connectivity index (χ4n) is 8.12. The summed E-state index contributed by atoms with van der Waals surface area (Å²) in [7, 11) is 0. The SMILES string of the molecule is c1ccc(-c2cc(-c3ccccc3)cc(-c3ccc4ccc(-c5ccc6ccc(-c7ccc(-c8cc9cccnc9c9ncccc89)cc7)nc6c5)cc4n3)c2)cc1. The Bertz CT molecular complexity index is 3260. The van der Waals surface area contributed by atoms with Crippen LogP contribution < -0.4 is 0 Å². The summed E-state index contributed by atoms with van der Waals surface area (Å²) < 4.78 is 0. The first kappa shape index (κ1) is 33.5. The van der Waals surface area contributed by atoms with Crippen molar-refractivity contribution in [2.75, 3.05) is 0 Å². The third-order valence-corrected chi connectivity index (χ3v) is 11.1. The van der Waals surface area contributed by atoms with Crippen LogP contribution in [0, 0.1) is 0 Å². The molecule has 0 aliphatic rings.